The van der Waals surface area contributed by atoms with Crippen LogP contribution in [0.2, 0.25) is 0 Å². The summed E-state index contributed by atoms with van der Waals surface area (Å²) in [6, 6.07) is 5.50. The molecular formula is C16H15N3O2S. The molecule has 2 amide bonds. The van der Waals surface area contributed by atoms with Gasteiger partial charge >= 0.3 is 0 Å². The molecule has 2 aromatic rings. The van der Waals surface area contributed by atoms with Crippen LogP contribution in [0.3, 0.4) is 0 Å². The zero-order valence-electron chi connectivity index (χ0n) is 11.9. The van der Waals surface area contributed by atoms with E-state index >= 15 is 0 Å². The first-order chi connectivity index (χ1) is 10.7. The maximum atomic E-state index is 12.6. The van der Waals surface area contributed by atoms with Crippen molar-refractivity contribution >= 4 is 28.8 Å². The molecule has 5 nitrogen and oxygen atoms in total. The highest BCUT2D eigenvalue weighted by atomic mass is 32.1. The Morgan fingerprint density at radius 2 is 2.18 bits per heavy atom. The molecule has 0 saturated carbocycles. The number of rotatable bonds is 2. The number of carbonyl (C=O) groups excluding carboxylic acids is 2. The summed E-state index contributed by atoms with van der Waals surface area (Å²) in [7, 11) is 0. The van der Waals surface area contributed by atoms with Gasteiger partial charge in [0.05, 0.1) is 17.2 Å². The average molecular weight is 313 g/mol. The Balaban J connectivity index is 1.49. The van der Waals surface area contributed by atoms with Gasteiger partial charge in [0.2, 0.25) is 5.91 Å². The Bertz CT molecular complexity index is 701. The summed E-state index contributed by atoms with van der Waals surface area (Å²) in [5, 5.41) is 3.98. The number of pyridine rings is 1. The lowest BCUT2D eigenvalue weighted by atomic mass is 10.0. The molecule has 2 aliphatic heterocycles. The summed E-state index contributed by atoms with van der Waals surface area (Å²) in [6.45, 7) is 1.86. The molecule has 4 rings (SSSR count). The van der Waals surface area contributed by atoms with Crippen molar-refractivity contribution in [2.45, 2.75) is 0 Å². The standard InChI is InChI=1S/C16H15N3O2S/c20-15(11-2-1-4-17-6-11)18-7-12-8-19(13-3-5-22-10-13)16(21)14(12)9-18/h1-6,10,12,14H,7-9H2/t12-,14-/m1/s1. The van der Waals surface area contributed by atoms with Gasteiger partial charge in [-0.1, -0.05) is 0 Å². The minimum atomic E-state index is -0.0690. The highest BCUT2D eigenvalue weighted by Crippen LogP contribution is 2.36. The van der Waals surface area contributed by atoms with Crippen LogP contribution in [0.15, 0.2) is 41.4 Å². The first kappa shape index (κ1) is 13.5. The summed E-state index contributed by atoms with van der Waals surface area (Å²) in [5.41, 5.74) is 1.57. The minimum Gasteiger partial charge on any atom is -0.337 e. The monoisotopic (exact) mass is 313 g/mol. The number of likely N-dealkylation sites (tertiary alicyclic amines) is 1. The van der Waals surface area contributed by atoms with Crippen molar-refractivity contribution in [1.82, 2.24) is 9.88 Å². The highest BCUT2D eigenvalue weighted by Gasteiger charge is 2.47. The number of thiophene rings is 1. The van der Waals surface area contributed by atoms with E-state index in [1.807, 2.05) is 21.7 Å². The van der Waals surface area contributed by atoms with E-state index in [2.05, 4.69) is 4.98 Å². The van der Waals surface area contributed by atoms with Crippen molar-refractivity contribution in [3.8, 4) is 0 Å². The predicted molar refractivity (Wildman–Crippen MR) is 83.8 cm³/mol. The van der Waals surface area contributed by atoms with Crippen molar-refractivity contribution in [2.24, 2.45) is 11.8 Å². The number of carbonyl (C=O) groups is 2. The fraction of sp³-hybridized carbons (Fsp3) is 0.312. The zero-order chi connectivity index (χ0) is 15.1. The number of aromatic nitrogens is 1. The lowest BCUT2D eigenvalue weighted by molar-refractivity contribution is -0.120. The number of amides is 2. The molecule has 0 N–H and O–H groups in total. The van der Waals surface area contributed by atoms with Crippen LogP contribution in [0.25, 0.3) is 0 Å². The number of fused-ring (bicyclic) bond motifs is 1. The third-order valence-corrected chi connectivity index (χ3v) is 5.13. The van der Waals surface area contributed by atoms with E-state index in [4.69, 9.17) is 0 Å². The summed E-state index contributed by atoms with van der Waals surface area (Å²) in [6.07, 6.45) is 3.23. The van der Waals surface area contributed by atoms with Gasteiger partial charge in [-0.2, -0.15) is 11.3 Å². The molecule has 0 spiro atoms. The van der Waals surface area contributed by atoms with Gasteiger partial charge in [0.25, 0.3) is 5.91 Å². The van der Waals surface area contributed by atoms with Gasteiger partial charge in [-0.05, 0) is 23.6 Å². The fourth-order valence-electron chi connectivity index (χ4n) is 3.34. The van der Waals surface area contributed by atoms with Crippen molar-refractivity contribution in [3.05, 3.63) is 46.9 Å². The Kier molecular flexibility index (Phi) is 3.18. The summed E-state index contributed by atoms with van der Waals surface area (Å²) >= 11 is 1.59. The largest absolute Gasteiger partial charge is 0.337 e. The van der Waals surface area contributed by atoms with Crippen LogP contribution in [0, 0.1) is 11.8 Å². The molecule has 0 aromatic carbocycles. The lowest BCUT2D eigenvalue weighted by Gasteiger charge is -2.21. The fourth-order valence-corrected chi connectivity index (χ4v) is 3.98. The summed E-state index contributed by atoms with van der Waals surface area (Å²) in [5.74, 6) is 0.274. The molecule has 4 heterocycles. The maximum absolute atomic E-state index is 12.6. The van der Waals surface area contributed by atoms with Crippen LogP contribution >= 0.6 is 11.3 Å². The SMILES string of the molecule is O=C(c1cccnc1)N1C[C@@H]2CN(c3ccsc3)C(=O)[C@@H]2C1. The van der Waals surface area contributed by atoms with Crippen LogP contribution in [-0.2, 0) is 4.79 Å². The molecule has 22 heavy (non-hydrogen) atoms. The predicted octanol–water partition coefficient (Wildman–Crippen LogP) is 1.88. The van der Waals surface area contributed by atoms with E-state index in [-0.39, 0.29) is 23.7 Å². The highest BCUT2D eigenvalue weighted by molar-refractivity contribution is 7.08. The van der Waals surface area contributed by atoms with E-state index in [0.717, 1.165) is 5.69 Å². The second-order valence-electron chi connectivity index (χ2n) is 5.75. The molecule has 2 fully saturated rings. The van der Waals surface area contributed by atoms with Gasteiger partial charge in [-0.3, -0.25) is 14.6 Å². The molecule has 0 radical (unpaired) electrons. The van der Waals surface area contributed by atoms with E-state index in [1.54, 1.807) is 40.8 Å². The molecule has 0 bridgehead atoms. The van der Waals surface area contributed by atoms with Crippen LogP contribution in [0.5, 0.6) is 0 Å². The summed E-state index contributed by atoms with van der Waals surface area (Å²) < 4.78 is 0. The Hall–Kier alpha value is -2.21. The van der Waals surface area contributed by atoms with Crippen molar-refractivity contribution in [2.75, 3.05) is 24.5 Å². The molecule has 112 valence electrons. The quantitative estimate of drug-likeness (QED) is 0.850. The normalized spacial score (nSPS) is 23.9. The second-order valence-corrected chi connectivity index (χ2v) is 6.53. The van der Waals surface area contributed by atoms with Crippen molar-refractivity contribution in [3.63, 3.8) is 0 Å². The zero-order valence-corrected chi connectivity index (χ0v) is 12.7. The van der Waals surface area contributed by atoms with E-state index in [0.29, 0.717) is 25.2 Å². The van der Waals surface area contributed by atoms with E-state index in [1.165, 1.54) is 0 Å². The molecule has 2 atom stereocenters. The second kappa shape index (κ2) is 5.21. The number of anilines is 1. The van der Waals surface area contributed by atoms with Crippen molar-refractivity contribution in [1.29, 1.82) is 0 Å². The van der Waals surface area contributed by atoms with Gasteiger partial charge in [0.15, 0.2) is 0 Å². The summed E-state index contributed by atoms with van der Waals surface area (Å²) in [4.78, 5) is 32.7. The van der Waals surface area contributed by atoms with Crippen LogP contribution in [-0.4, -0.2) is 41.3 Å². The van der Waals surface area contributed by atoms with Gasteiger partial charge in [0.1, 0.15) is 0 Å². The lowest BCUT2D eigenvalue weighted by Crippen LogP contribution is -2.35. The minimum absolute atomic E-state index is 0.0302. The average Bonchev–Trinajstić information content (AvgIpc) is 3.25. The molecule has 0 aliphatic carbocycles. The molecule has 0 unspecified atom stereocenters. The third-order valence-electron chi connectivity index (χ3n) is 4.45. The van der Waals surface area contributed by atoms with Crippen LogP contribution in [0.4, 0.5) is 5.69 Å². The number of hydrogen-bond acceptors (Lipinski definition) is 4. The van der Waals surface area contributed by atoms with E-state index in [9.17, 15) is 9.59 Å². The van der Waals surface area contributed by atoms with Gasteiger partial charge in [0, 0.05) is 43.3 Å². The van der Waals surface area contributed by atoms with Crippen LogP contribution in [0.1, 0.15) is 10.4 Å². The smallest absolute Gasteiger partial charge is 0.255 e. The molecule has 2 aliphatic rings. The number of hydrogen-bond donors (Lipinski definition) is 0. The Labute approximate surface area is 132 Å². The third kappa shape index (κ3) is 2.11. The maximum Gasteiger partial charge on any atom is 0.255 e. The van der Waals surface area contributed by atoms with Gasteiger partial charge < -0.3 is 9.80 Å². The Morgan fingerprint density at radius 3 is 2.86 bits per heavy atom. The molecule has 2 saturated heterocycles. The Morgan fingerprint density at radius 1 is 1.27 bits per heavy atom. The molecule has 2 aromatic heterocycles. The topological polar surface area (TPSA) is 53.5 Å². The van der Waals surface area contributed by atoms with Crippen molar-refractivity contribution < 1.29 is 9.59 Å². The van der Waals surface area contributed by atoms with Gasteiger partial charge in [-0.25, -0.2) is 0 Å². The van der Waals surface area contributed by atoms with Crippen LogP contribution < -0.4 is 4.90 Å². The molecular weight excluding hydrogens is 298 g/mol. The first-order valence-corrected chi connectivity index (χ1v) is 8.21. The molecule has 6 heteroatoms. The first-order valence-electron chi connectivity index (χ1n) is 7.27. The number of nitrogens with zero attached hydrogens (tertiary/aromatic N) is 3. The van der Waals surface area contributed by atoms with Gasteiger partial charge in [-0.15, -0.1) is 0 Å². The van der Waals surface area contributed by atoms with E-state index < -0.39 is 0 Å².